The number of benzene rings is 1. The first-order chi connectivity index (χ1) is 8.01. The summed E-state index contributed by atoms with van der Waals surface area (Å²) < 4.78 is 26.6. The first-order valence-corrected chi connectivity index (χ1v) is 7.18. The molecule has 0 aromatic heterocycles. The van der Waals surface area contributed by atoms with E-state index in [4.69, 9.17) is 5.11 Å². The number of aliphatic hydroxyl groups excluding tert-OH is 1. The summed E-state index contributed by atoms with van der Waals surface area (Å²) in [6, 6.07) is 6.47. The Labute approximate surface area is 103 Å². The van der Waals surface area contributed by atoms with Crippen molar-refractivity contribution in [1.82, 2.24) is 4.72 Å². The third-order valence-electron chi connectivity index (χ3n) is 2.75. The molecule has 2 N–H and O–H groups in total. The molecule has 0 radical (unpaired) electrons. The Balaban J connectivity index is 2.89. The Morgan fingerprint density at radius 1 is 1.35 bits per heavy atom. The molecule has 5 heteroatoms. The van der Waals surface area contributed by atoms with Gasteiger partial charge in [0.1, 0.15) is 0 Å². The molecule has 0 aliphatic rings. The molecule has 1 aromatic carbocycles. The zero-order valence-corrected chi connectivity index (χ0v) is 11.0. The zero-order chi connectivity index (χ0) is 12.9. The molecule has 0 fully saturated rings. The number of nitrogens with one attached hydrogen (secondary N) is 1. The molecule has 96 valence electrons. The lowest BCUT2D eigenvalue weighted by Crippen LogP contribution is -2.29. The van der Waals surface area contributed by atoms with Gasteiger partial charge in [-0.05, 0) is 17.5 Å². The molecular formula is C12H19NO3S. The number of hydrogen-bond donors (Lipinski definition) is 2. The topological polar surface area (TPSA) is 66.4 Å². The second-order valence-corrected chi connectivity index (χ2v) is 5.87. The van der Waals surface area contributed by atoms with Gasteiger partial charge in [-0.15, -0.1) is 0 Å². The fourth-order valence-corrected chi connectivity index (χ4v) is 2.77. The van der Waals surface area contributed by atoms with Crippen molar-refractivity contribution < 1.29 is 13.5 Å². The van der Waals surface area contributed by atoms with Crippen LogP contribution in [0.2, 0.25) is 0 Å². The Hall–Kier alpha value is -0.910. The maximum absolute atomic E-state index is 12.0. The third kappa shape index (κ3) is 3.80. The van der Waals surface area contributed by atoms with Gasteiger partial charge in [-0.1, -0.05) is 38.5 Å². The summed E-state index contributed by atoms with van der Waals surface area (Å²) in [5.41, 5.74) is 0.421. The maximum atomic E-state index is 12.0. The van der Waals surface area contributed by atoms with Crippen molar-refractivity contribution in [2.45, 2.75) is 31.8 Å². The lowest BCUT2D eigenvalue weighted by atomic mass is 10.1. The Morgan fingerprint density at radius 2 is 2.00 bits per heavy atom. The molecule has 0 amide bonds. The van der Waals surface area contributed by atoms with Gasteiger partial charge in [-0.3, -0.25) is 0 Å². The molecule has 1 unspecified atom stereocenters. The Morgan fingerprint density at radius 3 is 2.59 bits per heavy atom. The zero-order valence-electron chi connectivity index (χ0n) is 10.2. The summed E-state index contributed by atoms with van der Waals surface area (Å²) >= 11 is 0. The third-order valence-corrected chi connectivity index (χ3v) is 4.28. The quantitative estimate of drug-likeness (QED) is 0.811. The van der Waals surface area contributed by atoms with Crippen molar-refractivity contribution in [1.29, 1.82) is 0 Å². The highest BCUT2D eigenvalue weighted by Crippen LogP contribution is 2.15. The van der Waals surface area contributed by atoms with E-state index in [0.29, 0.717) is 18.0 Å². The number of sulfonamides is 1. The molecule has 0 saturated heterocycles. The van der Waals surface area contributed by atoms with Crippen LogP contribution in [0, 0.1) is 5.92 Å². The van der Waals surface area contributed by atoms with Crippen LogP contribution in [-0.4, -0.2) is 20.1 Å². The number of aliphatic hydroxyl groups is 1. The van der Waals surface area contributed by atoms with Gasteiger partial charge in [-0.2, -0.15) is 0 Å². The summed E-state index contributed by atoms with van der Waals surface area (Å²) in [5, 5.41) is 9.11. The van der Waals surface area contributed by atoms with Crippen LogP contribution in [0.15, 0.2) is 29.2 Å². The maximum Gasteiger partial charge on any atom is 0.240 e. The molecular weight excluding hydrogens is 238 g/mol. The standard InChI is InChI=1S/C12H19NO3S/c1-3-10(2)8-13-17(15,16)12-7-5-4-6-11(12)9-14/h4-7,10,13-14H,3,8-9H2,1-2H3. The highest BCUT2D eigenvalue weighted by atomic mass is 32.2. The van der Waals surface area contributed by atoms with Gasteiger partial charge in [0.05, 0.1) is 11.5 Å². The summed E-state index contributed by atoms with van der Waals surface area (Å²) in [6.07, 6.45) is 0.921. The van der Waals surface area contributed by atoms with Gasteiger partial charge in [-0.25, -0.2) is 13.1 Å². The predicted octanol–water partition coefficient (Wildman–Crippen LogP) is 1.50. The van der Waals surface area contributed by atoms with Crippen molar-refractivity contribution in [2.24, 2.45) is 5.92 Å². The van der Waals surface area contributed by atoms with E-state index < -0.39 is 10.0 Å². The van der Waals surface area contributed by atoms with Crippen LogP contribution in [0.1, 0.15) is 25.8 Å². The van der Waals surface area contributed by atoms with Crippen molar-refractivity contribution >= 4 is 10.0 Å². The van der Waals surface area contributed by atoms with Crippen LogP contribution in [0.4, 0.5) is 0 Å². The molecule has 0 spiro atoms. The fraction of sp³-hybridized carbons (Fsp3) is 0.500. The molecule has 0 bridgehead atoms. The molecule has 0 aliphatic carbocycles. The van der Waals surface area contributed by atoms with Crippen molar-refractivity contribution in [3.63, 3.8) is 0 Å². The lowest BCUT2D eigenvalue weighted by Gasteiger charge is -2.12. The van der Waals surface area contributed by atoms with Crippen molar-refractivity contribution in [3.05, 3.63) is 29.8 Å². The average molecular weight is 257 g/mol. The monoisotopic (exact) mass is 257 g/mol. The predicted molar refractivity (Wildman–Crippen MR) is 67.0 cm³/mol. The van der Waals surface area contributed by atoms with E-state index in [1.165, 1.54) is 6.07 Å². The number of hydrogen-bond acceptors (Lipinski definition) is 3. The molecule has 0 aliphatic heterocycles. The van der Waals surface area contributed by atoms with Gasteiger partial charge in [0.25, 0.3) is 0 Å². The molecule has 1 rings (SSSR count). The molecule has 17 heavy (non-hydrogen) atoms. The molecule has 0 heterocycles. The molecule has 1 aromatic rings. The van der Waals surface area contributed by atoms with E-state index in [9.17, 15) is 8.42 Å². The largest absolute Gasteiger partial charge is 0.392 e. The van der Waals surface area contributed by atoms with Crippen LogP contribution >= 0.6 is 0 Å². The lowest BCUT2D eigenvalue weighted by molar-refractivity contribution is 0.278. The van der Waals surface area contributed by atoms with E-state index in [1.807, 2.05) is 13.8 Å². The number of rotatable bonds is 6. The van der Waals surface area contributed by atoms with Gasteiger partial charge >= 0.3 is 0 Å². The smallest absolute Gasteiger partial charge is 0.240 e. The SMILES string of the molecule is CCC(C)CNS(=O)(=O)c1ccccc1CO. The minimum absolute atomic E-state index is 0.158. The summed E-state index contributed by atoms with van der Waals surface area (Å²) in [5.74, 6) is 0.297. The minimum Gasteiger partial charge on any atom is -0.392 e. The van der Waals surface area contributed by atoms with Gasteiger partial charge in [0.2, 0.25) is 10.0 Å². The summed E-state index contributed by atoms with van der Waals surface area (Å²) in [7, 11) is -3.52. The summed E-state index contributed by atoms with van der Waals surface area (Å²) in [6.45, 7) is 4.14. The first kappa shape index (κ1) is 14.2. The molecule has 4 nitrogen and oxygen atoms in total. The summed E-state index contributed by atoms with van der Waals surface area (Å²) in [4.78, 5) is 0.158. The van der Waals surface area contributed by atoms with Crippen LogP contribution in [0.3, 0.4) is 0 Å². The molecule has 0 saturated carbocycles. The van der Waals surface area contributed by atoms with Crippen LogP contribution in [0.25, 0.3) is 0 Å². The first-order valence-electron chi connectivity index (χ1n) is 5.69. The van der Waals surface area contributed by atoms with Crippen LogP contribution < -0.4 is 4.72 Å². The average Bonchev–Trinajstić information content (AvgIpc) is 2.35. The van der Waals surface area contributed by atoms with Crippen LogP contribution in [0.5, 0.6) is 0 Å². The van der Waals surface area contributed by atoms with Gasteiger partial charge in [0.15, 0.2) is 0 Å². The van der Waals surface area contributed by atoms with E-state index in [-0.39, 0.29) is 11.5 Å². The highest BCUT2D eigenvalue weighted by Gasteiger charge is 2.17. The van der Waals surface area contributed by atoms with Crippen LogP contribution in [-0.2, 0) is 16.6 Å². The highest BCUT2D eigenvalue weighted by molar-refractivity contribution is 7.89. The van der Waals surface area contributed by atoms with Gasteiger partial charge in [0, 0.05) is 6.54 Å². The van der Waals surface area contributed by atoms with E-state index in [0.717, 1.165) is 6.42 Å². The van der Waals surface area contributed by atoms with E-state index in [2.05, 4.69) is 4.72 Å². The second kappa shape index (κ2) is 6.14. The van der Waals surface area contributed by atoms with E-state index >= 15 is 0 Å². The normalized spacial score (nSPS) is 13.6. The van der Waals surface area contributed by atoms with E-state index in [1.54, 1.807) is 18.2 Å². The Bertz CT molecular complexity index is 457. The molecule has 1 atom stereocenters. The van der Waals surface area contributed by atoms with Crippen molar-refractivity contribution in [2.75, 3.05) is 6.54 Å². The Kier molecular flexibility index (Phi) is 5.11. The van der Waals surface area contributed by atoms with Crippen molar-refractivity contribution in [3.8, 4) is 0 Å². The fourth-order valence-electron chi connectivity index (χ4n) is 1.37. The minimum atomic E-state index is -3.52. The van der Waals surface area contributed by atoms with Gasteiger partial charge < -0.3 is 5.11 Å². The second-order valence-electron chi connectivity index (χ2n) is 4.13.